The molecular weight excluding hydrogens is 412 g/mol. The number of nitrogens with zero attached hydrogens (tertiary/aromatic N) is 3. The summed E-state index contributed by atoms with van der Waals surface area (Å²) in [5.41, 5.74) is 3.53. The first-order valence-electron chi connectivity index (χ1n) is 11.5. The van der Waals surface area contributed by atoms with E-state index in [1.807, 2.05) is 42.2 Å². The Hall–Kier alpha value is -3.54. The summed E-state index contributed by atoms with van der Waals surface area (Å²) in [6, 6.07) is 16.0. The summed E-state index contributed by atoms with van der Waals surface area (Å²) in [5.74, 6) is 0.0695. The minimum atomic E-state index is -0.643. The van der Waals surface area contributed by atoms with E-state index in [1.54, 1.807) is 24.8 Å². The summed E-state index contributed by atoms with van der Waals surface area (Å²) in [5, 5.41) is 3.04. The SMILES string of the molecule is CCNC(=O)C1(Cc2cccc(-c3ccncc3)c2)CCCN(C(=O)Cc2cccnc2)C1. The van der Waals surface area contributed by atoms with E-state index in [4.69, 9.17) is 0 Å². The summed E-state index contributed by atoms with van der Waals surface area (Å²) in [7, 11) is 0. The van der Waals surface area contributed by atoms with Crippen LogP contribution in [0.15, 0.2) is 73.3 Å². The number of rotatable bonds is 7. The Morgan fingerprint density at radius 2 is 1.82 bits per heavy atom. The van der Waals surface area contributed by atoms with E-state index in [1.165, 1.54) is 0 Å². The predicted octanol–water partition coefficient (Wildman–Crippen LogP) is 3.67. The molecule has 3 aromatic rings. The van der Waals surface area contributed by atoms with Crippen LogP contribution in [0.5, 0.6) is 0 Å². The van der Waals surface area contributed by atoms with E-state index in [9.17, 15) is 9.59 Å². The normalized spacial score (nSPS) is 18.0. The van der Waals surface area contributed by atoms with Crippen molar-refractivity contribution in [3.05, 3.63) is 84.4 Å². The number of aromatic nitrogens is 2. The molecule has 1 aliphatic rings. The Kier molecular flexibility index (Phi) is 7.13. The number of hydrogen-bond acceptors (Lipinski definition) is 4. The fourth-order valence-electron chi connectivity index (χ4n) is 4.69. The predicted molar refractivity (Wildman–Crippen MR) is 128 cm³/mol. The van der Waals surface area contributed by atoms with Crippen LogP contribution in [0.3, 0.4) is 0 Å². The Labute approximate surface area is 195 Å². The van der Waals surface area contributed by atoms with Crippen LogP contribution in [0, 0.1) is 5.41 Å². The zero-order chi connectivity index (χ0) is 23.1. The van der Waals surface area contributed by atoms with Crippen molar-refractivity contribution in [3.63, 3.8) is 0 Å². The number of carbonyl (C=O) groups excluding carboxylic acids is 2. The molecule has 0 radical (unpaired) electrons. The average molecular weight is 443 g/mol. The van der Waals surface area contributed by atoms with Crippen LogP contribution in [-0.4, -0.2) is 46.3 Å². The first kappa shape index (κ1) is 22.6. The zero-order valence-electron chi connectivity index (χ0n) is 19.0. The second-order valence-electron chi connectivity index (χ2n) is 8.71. The maximum Gasteiger partial charge on any atom is 0.228 e. The first-order valence-corrected chi connectivity index (χ1v) is 11.5. The monoisotopic (exact) mass is 442 g/mol. The van der Waals surface area contributed by atoms with Crippen molar-refractivity contribution in [1.29, 1.82) is 0 Å². The van der Waals surface area contributed by atoms with Gasteiger partial charge in [0.2, 0.25) is 11.8 Å². The van der Waals surface area contributed by atoms with Gasteiger partial charge < -0.3 is 10.2 Å². The molecule has 4 rings (SSSR count). The molecule has 6 nitrogen and oxygen atoms in total. The first-order chi connectivity index (χ1) is 16.1. The molecule has 6 heteroatoms. The van der Waals surface area contributed by atoms with E-state index in [-0.39, 0.29) is 11.8 Å². The number of hydrogen-bond donors (Lipinski definition) is 1. The van der Waals surface area contributed by atoms with Crippen LogP contribution in [0.25, 0.3) is 11.1 Å². The van der Waals surface area contributed by atoms with Gasteiger partial charge in [0.25, 0.3) is 0 Å². The van der Waals surface area contributed by atoms with Gasteiger partial charge in [-0.15, -0.1) is 0 Å². The molecule has 0 bridgehead atoms. The molecule has 1 saturated heterocycles. The molecule has 2 aromatic heterocycles. The fraction of sp³-hybridized carbons (Fsp3) is 0.333. The topological polar surface area (TPSA) is 75.2 Å². The van der Waals surface area contributed by atoms with Gasteiger partial charge in [-0.2, -0.15) is 0 Å². The van der Waals surface area contributed by atoms with Crippen LogP contribution < -0.4 is 5.32 Å². The minimum absolute atomic E-state index is 0.0261. The second-order valence-corrected chi connectivity index (χ2v) is 8.71. The second kappa shape index (κ2) is 10.4. The largest absolute Gasteiger partial charge is 0.356 e. The van der Waals surface area contributed by atoms with Crippen molar-refractivity contribution in [2.45, 2.75) is 32.6 Å². The smallest absolute Gasteiger partial charge is 0.228 e. The standard InChI is InChI=1S/C27H30N4O2/c1-2-30-26(33)27(18-21-6-3-8-24(16-21)23-9-13-28-14-10-23)11-5-15-31(20-27)25(32)17-22-7-4-12-29-19-22/h3-4,6-10,12-14,16,19H,2,5,11,15,17-18,20H2,1H3,(H,30,33). The van der Waals surface area contributed by atoms with Gasteiger partial charge in [0.05, 0.1) is 11.8 Å². The van der Waals surface area contributed by atoms with Gasteiger partial charge in [-0.25, -0.2) is 0 Å². The lowest BCUT2D eigenvalue weighted by atomic mass is 9.74. The lowest BCUT2D eigenvalue weighted by Crippen LogP contribution is -2.54. The van der Waals surface area contributed by atoms with Crippen LogP contribution in [0.4, 0.5) is 0 Å². The lowest BCUT2D eigenvalue weighted by molar-refractivity contribution is -0.141. The molecule has 1 aromatic carbocycles. The van der Waals surface area contributed by atoms with Crippen molar-refractivity contribution in [3.8, 4) is 11.1 Å². The van der Waals surface area contributed by atoms with E-state index in [0.717, 1.165) is 35.1 Å². The summed E-state index contributed by atoms with van der Waals surface area (Å²) >= 11 is 0. The molecule has 0 saturated carbocycles. The third-order valence-electron chi connectivity index (χ3n) is 6.31. The van der Waals surface area contributed by atoms with Gasteiger partial charge >= 0.3 is 0 Å². The Morgan fingerprint density at radius 3 is 2.58 bits per heavy atom. The number of nitrogens with one attached hydrogen (secondary N) is 1. The van der Waals surface area contributed by atoms with Crippen molar-refractivity contribution in [2.24, 2.45) is 5.41 Å². The summed E-state index contributed by atoms with van der Waals surface area (Å²) in [6.07, 6.45) is 9.45. The lowest BCUT2D eigenvalue weighted by Gasteiger charge is -2.42. The van der Waals surface area contributed by atoms with Crippen LogP contribution >= 0.6 is 0 Å². The van der Waals surface area contributed by atoms with Gasteiger partial charge in [0.15, 0.2) is 0 Å². The zero-order valence-corrected chi connectivity index (χ0v) is 19.0. The maximum atomic E-state index is 13.3. The number of amides is 2. The summed E-state index contributed by atoms with van der Waals surface area (Å²) in [4.78, 5) is 36.5. The van der Waals surface area contributed by atoms with Crippen LogP contribution in [0.1, 0.15) is 30.9 Å². The molecule has 33 heavy (non-hydrogen) atoms. The van der Waals surface area contributed by atoms with Crippen molar-refractivity contribution >= 4 is 11.8 Å². The van der Waals surface area contributed by atoms with E-state index in [0.29, 0.717) is 32.5 Å². The molecule has 170 valence electrons. The molecule has 2 amide bonds. The highest BCUT2D eigenvalue weighted by molar-refractivity contribution is 5.85. The number of pyridine rings is 2. The number of piperidine rings is 1. The van der Waals surface area contributed by atoms with Crippen molar-refractivity contribution in [1.82, 2.24) is 20.2 Å². The van der Waals surface area contributed by atoms with Crippen molar-refractivity contribution in [2.75, 3.05) is 19.6 Å². The molecule has 3 heterocycles. The molecule has 1 N–H and O–H groups in total. The molecule has 1 atom stereocenters. The van der Waals surface area contributed by atoms with Gasteiger partial charge in [-0.3, -0.25) is 19.6 Å². The van der Waals surface area contributed by atoms with Crippen molar-refractivity contribution < 1.29 is 9.59 Å². The third-order valence-corrected chi connectivity index (χ3v) is 6.31. The highest BCUT2D eigenvalue weighted by Gasteiger charge is 2.43. The number of benzene rings is 1. The van der Waals surface area contributed by atoms with Gasteiger partial charge in [0.1, 0.15) is 0 Å². The Bertz CT molecular complexity index is 1090. The van der Waals surface area contributed by atoms with E-state index in [2.05, 4.69) is 33.5 Å². The molecule has 1 fully saturated rings. The van der Waals surface area contributed by atoms with E-state index < -0.39 is 5.41 Å². The number of likely N-dealkylation sites (tertiary alicyclic amines) is 1. The van der Waals surface area contributed by atoms with Gasteiger partial charge in [0, 0.05) is 44.4 Å². The Balaban J connectivity index is 1.57. The summed E-state index contributed by atoms with van der Waals surface area (Å²) in [6.45, 7) is 3.61. The molecule has 1 aliphatic heterocycles. The highest BCUT2D eigenvalue weighted by Crippen LogP contribution is 2.35. The molecular formula is C27H30N4O2. The van der Waals surface area contributed by atoms with Crippen LogP contribution in [-0.2, 0) is 22.4 Å². The summed E-state index contributed by atoms with van der Waals surface area (Å²) < 4.78 is 0. The maximum absolute atomic E-state index is 13.3. The molecule has 1 unspecified atom stereocenters. The number of carbonyl (C=O) groups is 2. The minimum Gasteiger partial charge on any atom is -0.356 e. The highest BCUT2D eigenvalue weighted by atomic mass is 16.2. The Morgan fingerprint density at radius 1 is 1.00 bits per heavy atom. The quantitative estimate of drug-likeness (QED) is 0.606. The third kappa shape index (κ3) is 5.45. The van der Waals surface area contributed by atoms with E-state index >= 15 is 0 Å². The van der Waals surface area contributed by atoms with Gasteiger partial charge in [-0.1, -0.05) is 30.3 Å². The van der Waals surface area contributed by atoms with Gasteiger partial charge in [-0.05, 0) is 66.6 Å². The molecule has 0 aliphatic carbocycles. The average Bonchev–Trinajstić information content (AvgIpc) is 2.85. The fourth-order valence-corrected chi connectivity index (χ4v) is 4.69. The van der Waals surface area contributed by atoms with Crippen LogP contribution in [0.2, 0.25) is 0 Å². The molecule has 0 spiro atoms.